The summed E-state index contributed by atoms with van der Waals surface area (Å²) >= 11 is 0. The van der Waals surface area contributed by atoms with Gasteiger partial charge in [-0.3, -0.25) is 0 Å². The summed E-state index contributed by atoms with van der Waals surface area (Å²) in [4.78, 5) is 16.5. The van der Waals surface area contributed by atoms with E-state index in [9.17, 15) is 4.79 Å². The van der Waals surface area contributed by atoms with Gasteiger partial charge in [-0.1, -0.05) is 44.2 Å². The van der Waals surface area contributed by atoms with Crippen molar-refractivity contribution in [2.24, 2.45) is 0 Å². The molecular weight excluding hydrogens is 360 g/mol. The Balaban J connectivity index is 2.49. The van der Waals surface area contributed by atoms with Crippen LogP contribution in [0.25, 0.3) is 5.57 Å². The average Bonchev–Trinajstić information content (AvgIpc) is 2.63. The summed E-state index contributed by atoms with van der Waals surface area (Å²) in [7, 11) is 2.13. The van der Waals surface area contributed by atoms with Crippen molar-refractivity contribution in [3.63, 3.8) is 0 Å². The zero-order chi connectivity index (χ0) is 22.0. The standard InChI is InChI=1S/C25H42N2O2/c1-9-15-27(24(28)29-25(5,6)7)18-17-26(8)16-11-12-21-13-14-23(20(3)4)22(10-2)19-21/h13-14,19H,3,9-12,15-18H2,1-2,4-8H3. The number of carbonyl (C=O) groups excluding carboxylic acids is 1. The van der Waals surface area contributed by atoms with Crippen LogP contribution in [-0.2, 0) is 17.6 Å². The molecule has 0 radical (unpaired) electrons. The molecule has 0 fully saturated rings. The summed E-state index contributed by atoms with van der Waals surface area (Å²) in [5, 5.41) is 0. The molecule has 1 rings (SSSR count). The largest absolute Gasteiger partial charge is 0.444 e. The van der Waals surface area contributed by atoms with Gasteiger partial charge >= 0.3 is 6.09 Å². The van der Waals surface area contributed by atoms with Gasteiger partial charge in [0.15, 0.2) is 0 Å². The number of aryl methyl sites for hydroxylation is 2. The number of carbonyl (C=O) groups is 1. The van der Waals surface area contributed by atoms with Crippen LogP contribution in [0.5, 0.6) is 0 Å². The highest BCUT2D eigenvalue weighted by Crippen LogP contribution is 2.20. The highest BCUT2D eigenvalue weighted by molar-refractivity contribution is 5.68. The third-order valence-electron chi connectivity index (χ3n) is 4.91. The van der Waals surface area contributed by atoms with Crippen molar-refractivity contribution in [3.8, 4) is 0 Å². The minimum absolute atomic E-state index is 0.211. The van der Waals surface area contributed by atoms with Gasteiger partial charge in [-0.25, -0.2) is 4.79 Å². The average molecular weight is 403 g/mol. The fraction of sp³-hybridized carbons (Fsp3) is 0.640. The first-order valence-corrected chi connectivity index (χ1v) is 11.0. The predicted octanol–water partition coefficient (Wildman–Crippen LogP) is 5.79. The highest BCUT2D eigenvalue weighted by atomic mass is 16.6. The van der Waals surface area contributed by atoms with Gasteiger partial charge in [0, 0.05) is 19.6 Å². The quantitative estimate of drug-likeness (QED) is 0.469. The van der Waals surface area contributed by atoms with E-state index in [1.54, 1.807) is 0 Å². The topological polar surface area (TPSA) is 32.8 Å². The van der Waals surface area contributed by atoms with E-state index in [4.69, 9.17) is 4.74 Å². The zero-order valence-corrected chi connectivity index (χ0v) is 19.8. The second kappa shape index (κ2) is 12.0. The smallest absolute Gasteiger partial charge is 0.410 e. The Morgan fingerprint density at radius 1 is 1.10 bits per heavy atom. The van der Waals surface area contributed by atoms with E-state index in [1.165, 1.54) is 16.7 Å². The van der Waals surface area contributed by atoms with E-state index >= 15 is 0 Å². The molecular formula is C25H42N2O2. The molecule has 0 bridgehead atoms. The van der Waals surface area contributed by atoms with E-state index in [0.717, 1.165) is 50.9 Å². The molecule has 1 aromatic carbocycles. The number of allylic oxidation sites excluding steroid dienone is 1. The maximum Gasteiger partial charge on any atom is 0.410 e. The number of hydrogen-bond acceptors (Lipinski definition) is 3. The molecule has 4 heteroatoms. The van der Waals surface area contributed by atoms with Crippen molar-refractivity contribution in [1.29, 1.82) is 0 Å². The molecule has 0 aliphatic rings. The molecule has 0 spiro atoms. The minimum Gasteiger partial charge on any atom is -0.444 e. The summed E-state index contributed by atoms with van der Waals surface area (Å²) in [5.74, 6) is 0. The molecule has 0 aromatic heterocycles. The molecule has 0 aliphatic heterocycles. The van der Waals surface area contributed by atoms with Gasteiger partial charge in [0.25, 0.3) is 0 Å². The number of benzene rings is 1. The van der Waals surface area contributed by atoms with Crippen molar-refractivity contribution in [2.45, 2.75) is 72.8 Å². The van der Waals surface area contributed by atoms with Gasteiger partial charge in [-0.2, -0.15) is 0 Å². The van der Waals surface area contributed by atoms with Crippen LogP contribution < -0.4 is 0 Å². The maximum atomic E-state index is 12.4. The van der Waals surface area contributed by atoms with Gasteiger partial charge in [-0.05, 0) is 83.7 Å². The third-order valence-corrected chi connectivity index (χ3v) is 4.91. The Bertz CT molecular complexity index is 661. The highest BCUT2D eigenvalue weighted by Gasteiger charge is 2.21. The molecule has 4 nitrogen and oxygen atoms in total. The van der Waals surface area contributed by atoms with Crippen LogP contribution >= 0.6 is 0 Å². The first kappa shape index (κ1) is 25.2. The lowest BCUT2D eigenvalue weighted by atomic mass is 9.96. The molecule has 0 N–H and O–H groups in total. The fourth-order valence-corrected chi connectivity index (χ4v) is 3.36. The zero-order valence-electron chi connectivity index (χ0n) is 19.8. The summed E-state index contributed by atoms with van der Waals surface area (Å²) in [6, 6.07) is 6.77. The summed E-state index contributed by atoms with van der Waals surface area (Å²) in [6.07, 6.45) is 3.93. The Hall–Kier alpha value is -1.81. The molecule has 0 aliphatic carbocycles. The Morgan fingerprint density at radius 3 is 2.34 bits per heavy atom. The van der Waals surface area contributed by atoms with Crippen molar-refractivity contribution < 1.29 is 9.53 Å². The molecule has 1 aromatic rings. The molecule has 164 valence electrons. The molecule has 0 heterocycles. The van der Waals surface area contributed by atoms with E-state index in [1.807, 2.05) is 25.7 Å². The SMILES string of the molecule is C=C(C)c1ccc(CCCN(C)CCN(CCC)C(=O)OC(C)(C)C)cc1CC. The Labute approximate surface area is 178 Å². The van der Waals surface area contributed by atoms with Crippen LogP contribution in [0.3, 0.4) is 0 Å². The number of rotatable bonds is 11. The first-order valence-electron chi connectivity index (χ1n) is 11.0. The predicted molar refractivity (Wildman–Crippen MR) is 124 cm³/mol. The number of nitrogens with zero attached hydrogens (tertiary/aromatic N) is 2. The summed E-state index contributed by atoms with van der Waals surface area (Å²) in [5.41, 5.74) is 4.74. The van der Waals surface area contributed by atoms with Crippen molar-refractivity contribution in [1.82, 2.24) is 9.80 Å². The lowest BCUT2D eigenvalue weighted by molar-refractivity contribution is 0.0236. The fourth-order valence-electron chi connectivity index (χ4n) is 3.36. The van der Waals surface area contributed by atoms with Crippen LogP contribution in [0.15, 0.2) is 24.8 Å². The third kappa shape index (κ3) is 9.49. The molecule has 0 unspecified atom stereocenters. The Kier molecular flexibility index (Phi) is 10.5. The molecule has 1 amide bonds. The second-order valence-corrected chi connectivity index (χ2v) is 9.00. The maximum absolute atomic E-state index is 12.4. The van der Waals surface area contributed by atoms with Crippen LogP contribution in [0, 0.1) is 0 Å². The van der Waals surface area contributed by atoms with Crippen LogP contribution in [0.2, 0.25) is 0 Å². The van der Waals surface area contributed by atoms with Gasteiger partial charge in [0.05, 0.1) is 0 Å². The lowest BCUT2D eigenvalue weighted by Gasteiger charge is -2.28. The number of amides is 1. The van der Waals surface area contributed by atoms with E-state index in [-0.39, 0.29) is 6.09 Å². The number of likely N-dealkylation sites (N-methyl/N-ethyl adjacent to an activating group) is 1. The van der Waals surface area contributed by atoms with Crippen LogP contribution in [0.1, 0.15) is 71.1 Å². The van der Waals surface area contributed by atoms with Gasteiger partial charge in [0.2, 0.25) is 0 Å². The monoisotopic (exact) mass is 402 g/mol. The van der Waals surface area contributed by atoms with Crippen LogP contribution in [-0.4, -0.2) is 54.7 Å². The van der Waals surface area contributed by atoms with E-state index < -0.39 is 5.60 Å². The molecule has 29 heavy (non-hydrogen) atoms. The summed E-state index contributed by atoms with van der Waals surface area (Å²) < 4.78 is 5.53. The van der Waals surface area contributed by atoms with E-state index in [2.05, 4.69) is 57.5 Å². The Morgan fingerprint density at radius 2 is 1.79 bits per heavy atom. The van der Waals surface area contributed by atoms with Crippen molar-refractivity contribution in [2.75, 3.05) is 33.2 Å². The van der Waals surface area contributed by atoms with Gasteiger partial charge in [-0.15, -0.1) is 0 Å². The molecule has 0 atom stereocenters. The first-order chi connectivity index (χ1) is 13.6. The lowest BCUT2D eigenvalue weighted by Crippen LogP contribution is -2.41. The number of ether oxygens (including phenoxy) is 1. The van der Waals surface area contributed by atoms with Gasteiger partial charge in [0.1, 0.15) is 5.60 Å². The molecule has 0 saturated heterocycles. The normalized spacial score (nSPS) is 11.6. The van der Waals surface area contributed by atoms with Crippen molar-refractivity contribution in [3.05, 3.63) is 41.5 Å². The number of hydrogen-bond donors (Lipinski definition) is 0. The van der Waals surface area contributed by atoms with Gasteiger partial charge < -0.3 is 14.5 Å². The second-order valence-electron chi connectivity index (χ2n) is 9.00. The van der Waals surface area contributed by atoms with E-state index in [0.29, 0.717) is 6.54 Å². The molecule has 0 saturated carbocycles. The van der Waals surface area contributed by atoms with Crippen molar-refractivity contribution >= 4 is 11.7 Å². The summed E-state index contributed by atoms with van der Waals surface area (Å²) in [6.45, 7) is 19.5. The minimum atomic E-state index is -0.452. The van der Waals surface area contributed by atoms with Crippen LogP contribution in [0.4, 0.5) is 4.79 Å².